The fraction of sp³-hybridized carbons (Fsp3) is 0.382. The van der Waals surface area contributed by atoms with Gasteiger partial charge in [0.25, 0.3) is 0 Å². The quantitative estimate of drug-likeness (QED) is 0.170. The first-order valence-corrected chi connectivity index (χ1v) is 26.3. The summed E-state index contributed by atoms with van der Waals surface area (Å²) in [5.41, 5.74) is 27.6. The van der Waals surface area contributed by atoms with Crippen LogP contribution in [0.3, 0.4) is 0 Å². The Hall–Kier alpha value is -5.66. The van der Waals surface area contributed by atoms with Crippen molar-refractivity contribution in [3.05, 3.63) is 195 Å². The number of nitrogens with zero attached hydrogens (tertiary/aromatic N) is 1. The fourth-order valence-corrected chi connectivity index (χ4v) is 14.6. The van der Waals surface area contributed by atoms with E-state index in [2.05, 4.69) is 228 Å². The summed E-state index contributed by atoms with van der Waals surface area (Å²) in [6, 6.07) is 53.5. The van der Waals surface area contributed by atoms with Crippen LogP contribution >= 0.6 is 0 Å². The molecule has 0 atom stereocenters. The van der Waals surface area contributed by atoms with Crippen LogP contribution in [-0.2, 0) is 37.9 Å². The first-order valence-electron chi connectivity index (χ1n) is 26.3. The lowest BCUT2D eigenvalue weighted by Crippen LogP contribution is -2.35. The first-order chi connectivity index (χ1) is 32.6. The second-order valence-corrected chi connectivity index (χ2v) is 26.1. The number of aryl methyl sites for hydroxylation is 1. The number of fused-ring (bicyclic) bond motifs is 13. The topological polar surface area (TPSA) is 3.24 Å². The molecule has 5 aliphatic rings. The maximum Gasteiger partial charge on any atom is 0.0726 e. The third kappa shape index (κ3) is 6.20. The van der Waals surface area contributed by atoms with Crippen LogP contribution in [0.15, 0.2) is 133 Å². The number of hydrogen-bond donors (Lipinski definition) is 0. The van der Waals surface area contributed by atoms with E-state index in [1.165, 1.54) is 144 Å². The van der Waals surface area contributed by atoms with Gasteiger partial charge in [0.2, 0.25) is 0 Å². The zero-order valence-corrected chi connectivity index (χ0v) is 43.9. The molecular weight excluding hydrogens is 831 g/mol. The van der Waals surface area contributed by atoms with E-state index in [-0.39, 0.29) is 32.5 Å². The van der Waals surface area contributed by atoms with Crippen molar-refractivity contribution in [3.8, 4) is 33.4 Å². The maximum absolute atomic E-state index is 2.73. The molecule has 12 rings (SSSR count). The third-order valence-corrected chi connectivity index (χ3v) is 19.0. The summed E-state index contributed by atoms with van der Waals surface area (Å²) >= 11 is 0. The molecule has 0 saturated carbocycles. The van der Waals surface area contributed by atoms with Crippen molar-refractivity contribution in [2.75, 3.05) is 4.90 Å². The first kappa shape index (κ1) is 44.5. The Labute approximate surface area is 414 Å². The van der Waals surface area contributed by atoms with Crippen molar-refractivity contribution in [1.29, 1.82) is 0 Å². The van der Waals surface area contributed by atoms with Gasteiger partial charge in [0.05, 0.1) is 11.1 Å². The molecule has 0 amide bonds. The highest BCUT2D eigenvalue weighted by atomic mass is 15.1. The van der Waals surface area contributed by atoms with Gasteiger partial charge in [0, 0.05) is 16.9 Å². The van der Waals surface area contributed by atoms with Crippen LogP contribution in [0.1, 0.15) is 183 Å². The van der Waals surface area contributed by atoms with E-state index < -0.39 is 5.41 Å². The molecule has 0 saturated heterocycles. The van der Waals surface area contributed by atoms with Crippen LogP contribution in [0.25, 0.3) is 33.4 Å². The molecule has 69 heavy (non-hydrogen) atoms. The Morgan fingerprint density at radius 1 is 0.319 bits per heavy atom. The summed E-state index contributed by atoms with van der Waals surface area (Å²) < 4.78 is 0. The lowest BCUT2D eigenvalue weighted by Gasteiger charge is -2.45. The molecule has 0 bridgehead atoms. The summed E-state index contributed by atoms with van der Waals surface area (Å²) in [5, 5.41) is 0. The molecule has 0 aliphatic heterocycles. The van der Waals surface area contributed by atoms with Crippen molar-refractivity contribution < 1.29 is 0 Å². The van der Waals surface area contributed by atoms with Gasteiger partial charge in [-0.05, 0) is 203 Å². The summed E-state index contributed by atoms with van der Waals surface area (Å²) in [7, 11) is 0. The minimum Gasteiger partial charge on any atom is -0.310 e. The molecule has 350 valence electrons. The van der Waals surface area contributed by atoms with Gasteiger partial charge in [0.1, 0.15) is 0 Å². The molecule has 1 spiro atoms. The van der Waals surface area contributed by atoms with E-state index in [9.17, 15) is 0 Å². The SMILES string of the molecule is Cc1ccc2c(c1-c1cc3c(cc1N(c1ccc4c(c1)C(C)(C)CCC4(C)C)c1ccc4c(c1)C(C)(C)CCC4(C)C)C1(c4ccccc4-c4ccccc41)c1ccccc1-3)C(C)(C)CCC2(C)C. The average molecular weight is 904 g/mol. The largest absolute Gasteiger partial charge is 0.310 e. The van der Waals surface area contributed by atoms with Crippen molar-refractivity contribution >= 4 is 17.1 Å². The van der Waals surface area contributed by atoms with Crippen molar-refractivity contribution in [1.82, 2.24) is 0 Å². The van der Waals surface area contributed by atoms with Crippen LogP contribution in [0, 0.1) is 6.92 Å². The van der Waals surface area contributed by atoms with Gasteiger partial charge in [-0.1, -0.05) is 180 Å². The fourth-order valence-electron chi connectivity index (χ4n) is 14.6. The summed E-state index contributed by atoms with van der Waals surface area (Å²) in [6.45, 7) is 32.2. The van der Waals surface area contributed by atoms with Gasteiger partial charge in [-0.3, -0.25) is 0 Å². The molecule has 0 heterocycles. The molecule has 0 unspecified atom stereocenters. The molecule has 7 aromatic rings. The highest BCUT2D eigenvalue weighted by molar-refractivity contribution is 6.01. The maximum atomic E-state index is 2.73. The number of anilines is 3. The second-order valence-electron chi connectivity index (χ2n) is 26.1. The van der Waals surface area contributed by atoms with E-state index in [4.69, 9.17) is 0 Å². The third-order valence-electron chi connectivity index (χ3n) is 19.0. The summed E-state index contributed by atoms with van der Waals surface area (Å²) in [4.78, 5) is 2.73. The number of benzene rings is 7. The lowest BCUT2D eigenvalue weighted by molar-refractivity contribution is 0.332. The summed E-state index contributed by atoms with van der Waals surface area (Å²) in [6.07, 6.45) is 7.05. The van der Waals surface area contributed by atoms with Gasteiger partial charge in [-0.15, -0.1) is 0 Å². The zero-order valence-electron chi connectivity index (χ0n) is 43.9. The predicted molar refractivity (Wildman–Crippen MR) is 293 cm³/mol. The normalized spacial score (nSPS) is 20.4. The van der Waals surface area contributed by atoms with Crippen LogP contribution in [0.2, 0.25) is 0 Å². The molecule has 0 radical (unpaired) electrons. The van der Waals surface area contributed by atoms with Crippen molar-refractivity contribution in [2.45, 2.75) is 166 Å². The van der Waals surface area contributed by atoms with Crippen molar-refractivity contribution in [3.63, 3.8) is 0 Å². The minimum absolute atomic E-state index is 0.0152. The highest BCUT2D eigenvalue weighted by Crippen LogP contribution is 2.65. The monoisotopic (exact) mass is 904 g/mol. The van der Waals surface area contributed by atoms with Gasteiger partial charge in [-0.25, -0.2) is 0 Å². The predicted octanol–water partition coefficient (Wildman–Crippen LogP) is 18.5. The van der Waals surface area contributed by atoms with Crippen LogP contribution < -0.4 is 4.90 Å². The molecule has 1 heteroatoms. The van der Waals surface area contributed by atoms with Crippen LogP contribution in [0.4, 0.5) is 17.1 Å². The number of hydrogen-bond acceptors (Lipinski definition) is 1. The molecule has 0 N–H and O–H groups in total. The molecule has 0 fully saturated rings. The standard InChI is InChI=1S/C68H73N/c1-42-26-29-55-61(67(12,13)37-36-64(55,6)7)60(42)49-40-48-47-22-16-19-25-52(47)68(50-23-17-14-20-45(50)46-21-15-18-24-51(46)68)56(48)41-59(49)69(43-27-30-53-57(38-43)65(8,9)34-32-62(53,2)3)44-28-31-54-58(39-44)66(10,11)35-33-63(54,4)5/h14-31,38-41H,32-37H2,1-13H3. The smallest absolute Gasteiger partial charge is 0.0726 e. The molecular formula is C68H73N. The minimum atomic E-state index is -0.478. The molecule has 0 aromatic heterocycles. The number of rotatable bonds is 4. The molecule has 1 nitrogen and oxygen atoms in total. The molecule has 5 aliphatic carbocycles. The molecule has 7 aromatic carbocycles. The van der Waals surface area contributed by atoms with E-state index >= 15 is 0 Å². The van der Waals surface area contributed by atoms with Crippen LogP contribution in [-0.4, -0.2) is 0 Å². The Morgan fingerprint density at radius 2 is 0.710 bits per heavy atom. The van der Waals surface area contributed by atoms with Crippen LogP contribution in [0.5, 0.6) is 0 Å². The van der Waals surface area contributed by atoms with Crippen molar-refractivity contribution in [2.24, 2.45) is 0 Å². The van der Waals surface area contributed by atoms with E-state index in [1.807, 2.05) is 0 Å². The Balaban J connectivity index is 1.26. The highest BCUT2D eigenvalue weighted by Gasteiger charge is 2.53. The van der Waals surface area contributed by atoms with Gasteiger partial charge < -0.3 is 4.90 Å². The summed E-state index contributed by atoms with van der Waals surface area (Å²) in [5.74, 6) is 0. The van der Waals surface area contributed by atoms with Gasteiger partial charge >= 0.3 is 0 Å². The lowest BCUT2D eigenvalue weighted by atomic mass is 9.61. The zero-order chi connectivity index (χ0) is 48.4. The van der Waals surface area contributed by atoms with E-state index in [0.29, 0.717) is 0 Å². The van der Waals surface area contributed by atoms with Gasteiger partial charge in [-0.2, -0.15) is 0 Å². The Kier molecular flexibility index (Phi) is 9.34. The average Bonchev–Trinajstić information content (AvgIpc) is 3.78. The Bertz CT molecular complexity index is 3180. The second kappa shape index (κ2) is 14.5. The van der Waals surface area contributed by atoms with E-state index in [1.54, 1.807) is 0 Å². The Morgan fingerprint density at radius 3 is 1.19 bits per heavy atom. The van der Waals surface area contributed by atoms with E-state index in [0.717, 1.165) is 6.42 Å². The van der Waals surface area contributed by atoms with Gasteiger partial charge in [0.15, 0.2) is 0 Å².